The largest absolute Gasteiger partial charge is 0.329 e. The van der Waals surface area contributed by atoms with Gasteiger partial charge in [0.2, 0.25) is 0 Å². The van der Waals surface area contributed by atoms with Crippen molar-refractivity contribution in [3.63, 3.8) is 0 Å². The van der Waals surface area contributed by atoms with Gasteiger partial charge in [-0.25, -0.2) is 0 Å². The zero-order valence-corrected chi connectivity index (χ0v) is 12.6. The number of rotatable bonds is 4. The summed E-state index contributed by atoms with van der Waals surface area (Å²) in [5, 5.41) is 2.86. The highest BCUT2D eigenvalue weighted by molar-refractivity contribution is 7.10. The molecule has 0 saturated carbocycles. The first-order valence-electron chi connectivity index (χ1n) is 6.96. The molecule has 0 aromatic carbocycles. The zero-order valence-electron chi connectivity index (χ0n) is 11.1. The van der Waals surface area contributed by atoms with E-state index < -0.39 is 0 Å². The summed E-state index contributed by atoms with van der Waals surface area (Å²) in [6, 6.07) is 3.12. The molecule has 2 atom stereocenters. The Kier molecular flexibility index (Phi) is 5.49. The highest BCUT2D eigenvalue weighted by Crippen LogP contribution is 2.33. The molecule has 2 rings (SSSR count). The molecule has 0 aliphatic carbocycles. The summed E-state index contributed by atoms with van der Waals surface area (Å²) < 4.78 is 0. The van der Waals surface area contributed by atoms with E-state index in [4.69, 9.17) is 17.3 Å². The van der Waals surface area contributed by atoms with Crippen LogP contribution < -0.4 is 5.73 Å². The number of nitrogens with zero attached hydrogens (tertiary/aromatic N) is 1. The van der Waals surface area contributed by atoms with Crippen molar-refractivity contribution in [3.05, 3.63) is 21.3 Å². The van der Waals surface area contributed by atoms with Crippen LogP contribution in [0.3, 0.4) is 0 Å². The van der Waals surface area contributed by atoms with Crippen molar-refractivity contribution in [1.82, 2.24) is 4.90 Å². The molecular weight excluding hydrogens is 264 g/mol. The van der Waals surface area contributed by atoms with Crippen molar-refractivity contribution < 1.29 is 0 Å². The molecule has 2 heterocycles. The van der Waals surface area contributed by atoms with Gasteiger partial charge >= 0.3 is 0 Å². The number of nitrogens with two attached hydrogens (primary N) is 1. The zero-order chi connectivity index (χ0) is 13.0. The van der Waals surface area contributed by atoms with Crippen molar-refractivity contribution >= 4 is 22.9 Å². The van der Waals surface area contributed by atoms with E-state index in [1.165, 1.54) is 43.5 Å². The van der Waals surface area contributed by atoms with Crippen LogP contribution in [0, 0.1) is 0 Å². The van der Waals surface area contributed by atoms with Crippen LogP contribution in [0.4, 0.5) is 0 Å². The third-order valence-electron chi connectivity index (χ3n) is 3.93. The average molecular weight is 287 g/mol. The maximum absolute atomic E-state index is 6.05. The fourth-order valence-corrected chi connectivity index (χ4v) is 4.18. The lowest BCUT2D eigenvalue weighted by atomic mass is 10.0. The van der Waals surface area contributed by atoms with Gasteiger partial charge in [0.1, 0.15) is 0 Å². The second-order valence-corrected chi connectivity index (χ2v) is 6.45. The van der Waals surface area contributed by atoms with Gasteiger partial charge in [-0.05, 0) is 31.9 Å². The smallest absolute Gasteiger partial charge is 0.0567 e. The molecule has 2 N–H and O–H groups in total. The second kappa shape index (κ2) is 6.90. The number of thiophene rings is 1. The highest BCUT2D eigenvalue weighted by Gasteiger charge is 2.27. The molecule has 4 heteroatoms. The molecule has 1 aliphatic heterocycles. The van der Waals surface area contributed by atoms with Crippen molar-refractivity contribution in [1.29, 1.82) is 0 Å². The number of hydrogen-bond donors (Lipinski definition) is 1. The van der Waals surface area contributed by atoms with Gasteiger partial charge in [0, 0.05) is 22.8 Å². The van der Waals surface area contributed by atoms with Gasteiger partial charge in [-0.15, -0.1) is 11.3 Å². The lowest BCUT2D eigenvalue weighted by Gasteiger charge is -2.35. The lowest BCUT2D eigenvalue weighted by Crippen LogP contribution is -2.40. The third-order valence-corrected chi connectivity index (χ3v) is 5.32. The van der Waals surface area contributed by atoms with Crippen molar-refractivity contribution in [2.75, 3.05) is 13.1 Å². The molecule has 2 unspecified atom stereocenters. The van der Waals surface area contributed by atoms with E-state index in [2.05, 4.69) is 17.9 Å². The molecule has 1 aliphatic rings. The fourth-order valence-electron chi connectivity index (χ4n) is 2.97. The first-order chi connectivity index (χ1) is 8.76. The standard InChI is InChI=1S/C14H23ClN2S/c1-2-12-6-4-3-5-7-17(12)13(9-16)14-8-11(15)10-18-14/h8,10,12-13H,2-7,9,16H2,1H3. The van der Waals surface area contributed by atoms with Crippen LogP contribution >= 0.6 is 22.9 Å². The van der Waals surface area contributed by atoms with Crippen molar-refractivity contribution in [3.8, 4) is 0 Å². The van der Waals surface area contributed by atoms with E-state index in [9.17, 15) is 0 Å². The Balaban J connectivity index is 2.18. The average Bonchev–Trinajstić information content (AvgIpc) is 2.66. The minimum atomic E-state index is 0.352. The van der Waals surface area contributed by atoms with E-state index in [0.29, 0.717) is 18.6 Å². The predicted molar refractivity (Wildman–Crippen MR) is 80.4 cm³/mol. The molecule has 0 radical (unpaired) electrons. The van der Waals surface area contributed by atoms with Gasteiger partial charge in [-0.2, -0.15) is 0 Å². The molecule has 1 saturated heterocycles. The molecule has 18 heavy (non-hydrogen) atoms. The maximum atomic E-state index is 6.05. The van der Waals surface area contributed by atoms with E-state index in [-0.39, 0.29) is 0 Å². The normalized spacial score (nSPS) is 23.8. The van der Waals surface area contributed by atoms with E-state index in [1.807, 2.05) is 5.38 Å². The summed E-state index contributed by atoms with van der Waals surface area (Å²) in [4.78, 5) is 3.94. The topological polar surface area (TPSA) is 29.3 Å². The number of likely N-dealkylation sites (tertiary alicyclic amines) is 1. The predicted octanol–water partition coefficient (Wildman–Crippen LogP) is 4.06. The first kappa shape index (κ1) is 14.3. The summed E-state index contributed by atoms with van der Waals surface area (Å²) >= 11 is 7.80. The fraction of sp³-hybridized carbons (Fsp3) is 0.714. The van der Waals surface area contributed by atoms with E-state index in [0.717, 1.165) is 5.02 Å². The van der Waals surface area contributed by atoms with Crippen LogP contribution in [-0.2, 0) is 0 Å². The van der Waals surface area contributed by atoms with Crippen LogP contribution in [0.15, 0.2) is 11.4 Å². The van der Waals surface area contributed by atoms with E-state index >= 15 is 0 Å². The van der Waals surface area contributed by atoms with Crippen LogP contribution in [0.1, 0.15) is 49.9 Å². The number of halogens is 1. The Bertz CT molecular complexity index is 366. The number of hydrogen-bond acceptors (Lipinski definition) is 3. The van der Waals surface area contributed by atoms with Crippen LogP contribution in [0.25, 0.3) is 0 Å². The first-order valence-corrected chi connectivity index (χ1v) is 8.21. The Morgan fingerprint density at radius 1 is 1.50 bits per heavy atom. The summed E-state index contributed by atoms with van der Waals surface area (Å²) in [7, 11) is 0. The monoisotopic (exact) mass is 286 g/mol. The Hall–Kier alpha value is -0.0900. The third kappa shape index (κ3) is 3.27. The van der Waals surface area contributed by atoms with Crippen LogP contribution in [-0.4, -0.2) is 24.0 Å². The minimum Gasteiger partial charge on any atom is -0.329 e. The molecule has 0 spiro atoms. The maximum Gasteiger partial charge on any atom is 0.0567 e. The molecule has 1 fully saturated rings. The van der Waals surface area contributed by atoms with Gasteiger partial charge < -0.3 is 5.73 Å². The Labute approximate surface area is 119 Å². The van der Waals surface area contributed by atoms with Crippen molar-refractivity contribution in [2.24, 2.45) is 5.73 Å². The Morgan fingerprint density at radius 3 is 2.94 bits per heavy atom. The summed E-state index contributed by atoms with van der Waals surface area (Å²) in [5.74, 6) is 0. The molecule has 2 nitrogen and oxygen atoms in total. The van der Waals surface area contributed by atoms with Gasteiger partial charge in [0.05, 0.1) is 11.1 Å². The van der Waals surface area contributed by atoms with Gasteiger partial charge in [0.25, 0.3) is 0 Å². The van der Waals surface area contributed by atoms with Crippen molar-refractivity contribution in [2.45, 2.75) is 51.1 Å². The Morgan fingerprint density at radius 2 is 2.33 bits per heavy atom. The van der Waals surface area contributed by atoms with Gasteiger partial charge in [-0.3, -0.25) is 4.90 Å². The van der Waals surface area contributed by atoms with Crippen LogP contribution in [0.2, 0.25) is 5.02 Å². The minimum absolute atomic E-state index is 0.352. The summed E-state index contributed by atoms with van der Waals surface area (Å²) in [6.45, 7) is 4.15. The molecule has 0 bridgehead atoms. The van der Waals surface area contributed by atoms with Gasteiger partial charge in [0.15, 0.2) is 0 Å². The molecule has 1 aromatic rings. The molecule has 1 aromatic heterocycles. The molecule has 0 amide bonds. The van der Waals surface area contributed by atoms with E-state index in [1.54, 1.807) is 11.3 Å². The molecule has 102 valence electrons. The summed E-state index contributed by atoms with van der Waals surface area (Å²) in [6.07, 6.45) is 6.54. The van der Waals surface area contributed by atoms with Gasteiger partial charge in [-0.1, -0.05) is 31.4 Å². The SMILES string of the molecule is CCC1CCCCCN1C(CN)c1cc(Cl)cs1. The second-order valence-electron chi connectivity index (χ2n) is 5.07. The lowest BCUT2D eigenvalue weighted by molar-refractivity contribution is 0.138. The quantitative estimate of drug-likeness (QED) is 0.904. The highest BCUT2D eigenvalue weighted by atomic mass is 35.5. The molecular formula is C14H23ClN2S. The van der Waals surface area contributed by atoms with Crippen LogP contribution in [0.5, 0.6) is 0 Å². The summed E-state index contributed by atoms with van der Waals surface area (Å²) in [5.41, 5.74) is 6.03.